The average Bonchev–Trinajstić information content (AvgIpc) is 3.31. The molecule has 0 fully saturated rings. The zero-order valence-electron chi connectivity index (χ0n) is 16.3. The first-order chi connectivity index (χ1) is 14.1. The molecular weight excluding hydrogens is 364 g/mol. The van der Waals surface area contributed by atoms with E-state index in [2.05, 4.69) is 32.2 Å². The molecule has 0 saturated heterocycles. The summed E-state index contributed by atoms with van der Waals surface area (Å²) in [5.74, 6) is 0.359. The number of nitrogens with zero attached hydrogens (tertiary/aromatic N) is 5. The van der Waals surface area contributed by atoms with E-state index >= 15 is 0 Å². The number of hydrogen-bond donors (Lipinski definition) is 1. The summed E-state index contributed by atoms with van der Waals surface area (Å²) in [6, 6.07) is 9.73. The maximum atomic E-state index is 12.7. The minimum atomic E-state index is -0.157. The molecule has 1 aliphatic rings. The molecule has 0 atom stereocenters. The van der Waals surface area contributed by atoms with Gasteiger partial charge in [0.05, 0.1) is 23.9 Å². The average molecular weight is 384 g/mol. The first-order valence-corrected chi connectivity index (χ1v) is 9.41. The highest BCUT2D eigenvalue weighted by Gasteiger charge is 2.17. The Morgan fingerprint density at radius 3 is 2.62 bits per heavy atom. The molecule has 1 N–H and O–H groups in total. The maximum Gasteiger partial charge on any atom is 0.256 e. The van der Waals surface area contributed by atoms with Crippen molar-refractivity contribution in [1.29, 1.82) is 0 Å². The van der Waals surface area contributed by atoms with Gasteiger partial charge < -0.3 is 9.88 Å². The van der Waals surface area contributed by atoms with Crippen LogP contribution in [0, 0.1) is 0 Å². The van der Waals surface area contributed by atoms with Crippen molar-refractivity contribution in [2.24, 2.45) is 7.05 Å². The third-order valence-corrected chi connectivity index (χ3v) is 5.27. The van der Waals surface area contributed by atoms with E-state index in [-0.39, 0.29) is 5.91 Å². The highest BCUT2D eigenvalue weighted by molar-refractivity contribution is 6.04. The Morgan fingerprint density at radius 2 is 1.79 bits per heavy atom. The molecule has 7 nitrogen and oxygen atoms in total. The van der Waals surface area contributed by atoms with Crippen molar-refractivity contribution < 1.29 is 4.79 Å². The molecule has 4 heterocycles. The molecule has 0 saturated carbocycles. The molecule has 7 heteroatoms. The van der Waals surface area contributed by atoms with E-state index in [0.29, 0.717) is 11.4 Å². The summed E-state index contributed by atoms with van der Waals surface area (Å²) in [7, 11) is 4.01. The number of hydrogen-bond acceptors (Lipinski definition) is 5. The van der Waals surface area contributed by atoms with Gasteiger partial charge in [-0.2, -0.15) is 0 Å². The van der Waals surface area contributed by atoms with Gasteiger partial charge in [-0.15, -0.1) is 0 Å². The second-order valence-corrected chi connectivity index (χ2v) is 7.49. The largest absolute Gasteiger partial charge is 0.332 e. The summed E-state index contributed by atoms with van der Waals surface area (Å²) in [4.78, 5) is 28.0. The van der Waals surface area contributed by atoms with Gasteiger partial charge >= 0.3 is 0 Å². The lowest BCUT2D eigenvalue weighted by molar-refractivity contribution is 0.102. The maximum absolute atomic E-state index is 12.7. The number of imidazole rings is 1. The summed E-state index contributed by atoms with van der Waals surface area (Å²) in [6.45, 7) is 1.80. The number of amides is 1. The number of rotatable bonds is 3. The molecule has 4 aromatic rings. The fraction of sp³-hybridized carbons (Fsp3) is 0.182. The van der Waals surface area contributed by atoms with Crippen LogP contribution < -0.4 is 5.32 Å². The third-order valence-electron chi connectivity index (χ3n) is 5.27. The lowest BCUT2D eigenvalue weighted by atomic mass is 10.1. The second-order valence-electron chi connectivity index (χ2n) is 7.49. The van der Waals surface area contributed by atoms with E-state index in [1.807, 2.05) is 41.9 Å². The van der Waals surface area contributed by atoms with E-state index in [1.54, 1.807) is 24.9 Å². The Morgan fingerprint density at radius 1 is 0.966 bits per heavy atom. The van der Waals surface area contributed by atoms with Crippen LogP contribution >= 0.6 is 0 Å². The lowest BCUT2D eigenvalue weighted by Gasteiger charge is -2.08. The minimum Gasteiger partial charge on any atom is -0.332 e. The minimum absolute atomic E-state index is 0.157. The zero-order chi connectivity index (χ0) is 20.0. The highest BCUT2D eigenvalue weighted by Crippen LogP contribution is 2.24. The summed E-state index contributed by atoms with van der Waals surface area (Å²) >= 11 is 0. The van der Waals surface area contributed by atoms with Gasteiger partial charge in [-0.25, -0.2) is 9.97 Å². The van der Waals surface area contributed by atoms with E-state index in [9.17, 15) is 4.79 Å². The van der Waals surface area contributed by atoms with Crippen molar-refractivity contribution in [2.45, 2.75) is 13.1 Å². The normalized spacial score (nSPS) is 13.6. The molecule has 0 spiro atoms. The lowest BCUT2D eigenvalue weighted by Crippen LogP contribution is -2.13. The number of pyridine rings is 2. The van der Waals surface area contributed by atoms with Crippen LogP contribution in [0.2, 0.25) is 0 Å². The van der Waals surface area contributed by atoms with Crippen LogP contribution in [0.25, 0.3) is 22.2 Å². The Balaban J connectivity index is 1.42. The molecule has 5 rings (SSSR count). The molecule has 1 aliphatic heterocycles. The van der Waals surface area contributed by atoms with Crippen LogP contribution in [-0.2, 0) is 20.1 Å². The van der Waals surface area contributed by atoms with Gasteiger partial charge in [-0.3, -0.25) is 14.7 Å². The number of nitrogens with one attached hydrogen (secondary N) is 1. The quantitative estimate of drug-likeness (QED) is 0.587. The standard InChI is InChI=1S/C22H20N6O/c1-27-11-15-4-3-14(5-17(15)12-27)22(29)26-21-7-16-6-19(20-10-23-13-28(20)2)24-8-18(16)9-25-21/h3-10,13H,11-12H2,1-2H3,(H,25,26,29). The van der Waals surface area contributed by atoms with Crippen LogP contribution in [0.4, 0.5) is 5.82 Å². The molecule has 0 unspecified atom stereocenters. The Kier molecular flexibility index (Phi) is 4.10. The zero-order valence-corrected chi connectivity index (χ0v) is 16.3. The SMILES string of the molecule is CN1Cc2ccc(C(=O)Nc3cc4cc(-c5cncn5C)ncc4cn3)cc2C1. The molecule has 1 aromatic carbocycles. The van der Waals surface area contributed by atoms with Crippen molar-refractivity contribution in [3.8, 4) is 11.4 Å². The smallest absolute Gasteiger partial charge is 0.256 e. The summed E-state index contributed by atoms with van der Waals surface area (Å²) in [5, 5.41) is 4.78. The Bertz CT molecular complexity index is 1250. The van der Waals surface area contributed by atoms with Crippen LogP contribution in [0.15, 0.2) is 55.2 Å². The summed E-state index contributed by atoms with van der Waals surface area (Å²) in [6.07, 6.45) is 7.03. The van der Waals surface area contributed by atoms with Gasteiger partial charge in [-0.05, 0) is 47.8 Å². The number of aromatic nitrogens is 4. The molecule has 29 heavy (non-hydrogen) atoms. The van der Waals surface area contributed by atoms with Crippen LogP contribution in [-0.4, -0.2) is 37.4 Å². The molecule has 1 amide bonds. The topological polar surface area (TPSA) is 75.9 Å². The van der Waals surface area contributed by atoms with Gasteiger partial charge in [0, 0.05) is 43.5 Å². The van der Waals surface area contributed by atoms with Crippen molar-refractivity contribution >= 4 is 22.5 Å². The van der Waals surface area contributed by atoms with Crippen LogP contribution in [0.5, 0.6) is 0 Å². The van der Waals surface area contributed by atoms with Gasteiger partial charge in [0.15, 0.2) is 0 Å². The highest BCUT2D eigenvalue weighted by atomic mass is 16.1. The van der Waals surface area contributed by atoms with Crippen molar-refractivity contribution in [3.05, 3.63) is 71.9 Å². The fourth-order valence-corrected chi connectivity index (χ4v) is 3.75. The third kappa shape index (κ3) is 3.25. The Hall–Kier alpha value is -3.58. The van der Waals surface area contributed by atoms with Crippen molar-refractivity contribution in [2.75, 3.05) is 12.4 Å². The van der Waals surface area contributed by atoms with E-state index in [1.165, 1.54) is 11.1 Å². The van der Waals surface area contributed by atoms with Gasteiger partial charge in [0.1, 0.15) is 5.82 Å². The van der Waals surface area contributed by atoms with Crippen LogP contribution in [0.1, 0.15) is 21.5 Å². The number of benzene rings is 1. The van der Waals surface area contributed by atoms with Gasteiger partial charge in [0.25, 0.3) is 5.91 Å². The molecule has 3 aromatic heterocycles. The molecule has 0 aliphatic carbocycles. The first-order valence-electron chi connectivity index (χ1n) is 9.41. The Labute approximate surface area is 168 Å². The molecule has 0 bridgehead atoms. The number of carbonyl (C=O) groups excluding carboxylic acids is 1. The summed E-state index contributed by atoms with van der Waals surface area (Å²) in [5.41, 5.74) is 4.88. The fourth-order valence-electron chi connectivity index (χ4n) is 3.75. The monoisotopic (exact) mass is 384 g/mol. The number of fused-ring (bicyclic) bond motifs is 2. The summed E-state index contributed by atoms with van der Waals surface area (Å²) < 4.78 is 1.92. The van der Waals surface area contributed by atoms with E-state index in [4.69, 9.17) is 0 Å². The number of anilines is 1. The second kappa shape index (κ2) is 6.79. The van der Waals surface area contributed by atoms with E-state index < -0.39 is 0 Å². The van der Waals surface area contributed by atoms with Gasteiger partial charge in [0.2, 0.25) is 0 Å². The van der Waals surface area contributed by atoms with Crippen molar-refractivity contribution in [1.82, 2.24) is 24.4 Å². The number of carbonyl (C=O) groups is 1. The molecule has 0 radical (unpaired) electrons. The van der Waals surface area contributed by atoms with E-state index in [0.717, 1.165) is 35.2 Å². The molecular formula is C22H20N6O. The first kappa shape index (κ1) is 17.5. The van der Waals surface area contributed by atoms with Crippen LogP contribution in [0.3, 0.4) is 0 Å². The molecule has 144 valence electrons. The predicted molar refractivity (Wildman–Crippen MR) is 111 cm³/mol. The number of aryl methyl sites for hydroxylation is 1. The van der Waals surface area contributed by atoms with Gasteiger partial charge in [-0.1, -0.05) is 6.07 Å². The van der Waals surface area contributed by atoms with Crippen molar-refractivity contribution in [3.63, 3.8) is 0 Å². The predicted octanol–water partition coefficient (Wildman–Crippen LogP) is 3.23.